The predicted molar refractivity (Wildman–Crippen MR) is 87.2 cm³/mol. The lowest BCUT2D eigenvalue weighted by Gasteiger charge is -2.22. The largest absolute Gasteiger partial charge is 0.355 e. The van der Waals surface area contributed by atoms with Crippen molar-refractivity contribution in [3.63, 3.8) is 0 Å². The summed E-state index contributed by atoms with van der Waals surface area (Å²) in [5.41, 5.74) is 0.926. The molecule has 21 heavy (non-hydrogen) atoms. The Hall–Kier alpha value is -1.24. The SMILES string of the molecule is CNC(=O)c1cc(NC(=O)CC2CSCCN2)ccc1Cl. The van der Waals surface area contributed by atoms with Crippen molar-refractivity contribution in [3.8, 4) is 0 Å². The number of hydrogen-bond donors (Lipinski definition) is 3. The van der Waals surface area contributed by atoms with Gasteiger partial charge in [-0.3, -0.25) is 9.59 Å². The molecule has 114 valence electrons. The topological polar surface area (TPSA) is 70.2 Å². The Morgan fingerprint density at radius 3 is 2.95 bits per heavy atom. The van der Waals surface area contributed by atoms with Crippen molar-refractivity contribution in [2.45, 2.75) is 12.5 Å². The van der Waals surface area contributed by atoms with E-state index in [9.17, 15) is 9.59 Å². The number of amides is 2. The summed E-state index contributed by atoms with van der Waals surface area (Å²) >= 11 is 7.83. The van der Waals surface area contributed by atoms with Crippen LogP contribution in [0, 0.1) is 0 Å². The summed E-state index contributed by atoms with van der Waals surface area (Å²) in [5.74, 6) is 1.68. The Labute approximate surface area is 133 Å². The highest BCUT2D eigenvalue weighted by atomic mass is 35.5. The number of hydrogen-bond acceptors (Lipinski definition) is 4. The highest BCUT2D eigenvalue weighted by molar-refractivity contribution is 7.99. The molecule has 1 saturated heterocycles. The molecule has 2 rings (SSSR count). The van der Waals surface area contributed by atoms with Crippen LogP contribution in [-0.2, 0) is 4.79 Å². The average molecular weight is 328 g/mol. The van der Waals surface area contributed by atoms with E-state index in [4.69, 9.17) is 11.6 Å². The van der Waals surface area contributed by atoms with Gasteiger partial charge in [0.05, 0.1) is 10.6 Å². The maximum atomic E-state index is 12.0. The zero-order chi connectivity index (χ0) is 15.2. The van der Waals surface area contributed by atoms with E-state index in [-0.39, 0.29) is 17.9 Å². The Bertz CT molecular complexity index is 533. The predicted octanol–water partition coefficient (Wildman–Crippen LogP) is 1.73. The van der Waals surface area contributed by atoms with Gasteiger partial charge < -0.3 is 16.0 Å². The van der Waals surface area contributed by atoms with E-state index in [0.29, 0.717) is 22.7 Å². The minimum Gasteiger partial charge on any atom is -0.355 e. The number of thioether (sulfide) groups is 1. The van der Waals surface area contributed by atoms with Crippen LogP contribution < -0.4 is 16.0 Å². The third kappa shape index (κ3) is 4.62. The molecule has 2 amide bonds. The van der Waals surface area contributed by atoms with Crippen LogP contribution in [0.4, 0.5) is 5.69 Å². The molecule has 1 aliphatic heterocycles. The lowest BCUT2D eigenvalue weighted by molar-refractivity contribution is -0.116. The Kier molecular flexibility index (Phi) is 5.90. The first-order valence-corrected chi connectivity index (χ1v) is 8.26. The zero-order valence-corrected chi connectivity index (χ0v) is 13.3. The van der Waals surface area contributed by atoms with E-state index < -0.39 is 0 Å². The van der Waals surface area contributed by atoms with Crippen molar-refractivity contribution in [1.82, 2.24) is 10.6 Å². The van der Waals surface area contributed by atoms with Gasteiger partial charge in [-0.1, -0.05) is 11.6 Å². The van der Waals surface area contributed by atoms with Crippen LogP contribution in [0.1, 0.15) is 16.8 Å². The summed E-state index contributed by atoms with van der Waals surface area (Å²) in [6.45, 7) is 0.935. The molecule has 1 aliphatic rings. The maximum Gasteiger partial charge on any atom is 0.252 e. The molecule has 0 aliphatic carbocycles. The highest BCUT2D eigenvalue weighted by Gasteiger charge is 2.17. The van der Waals surface area contributed by atoms with Gasteiger partial charge >= 0.3 is 0 Å². The minimum atomic E-state index is -0.276. The van der Waals surface area contributed by atoms with Crippen molar-refractivity contribution in [2.75, 3.05) is 30.4 Å². The lowest BCUT2D eigenvalue weighted by atomic mass is 10.1. The Morgan fingerprint density at radius 2 is 2.29 bits per heavy atom. The minimum absolute atomic E-state index is 0.0693. The summed E-state index contributed by atoms with van der Waals surface area (Å²) in [4.78, 5) is 23.7. The fraction of sp³-hybridized carbons (Fsp3) is 0.429. The fourth-order valence-electron chi connectivity index (χ4n) is 2.10. The molecule has 1 atom stereocenters. The van der Waals surface area contributed by atoms with E-state index in [1.807, 2.05) is 11.8 Å². The number of carbonyl (C=O) groups excluding carboxylic acids is 2. The quantitative estimate of drug-likeness (QED) is 0.787. The van der Waals surface area contributed by atoms with Gasteiger partial charge in [-0.25, -0.2) is 0 Å². The van der Waals surface area contributed by atoms with Gasteiger partial charge in [0.25, 0.3) is 5.91 Å². The number of carbonyl (C=O) groups is 2. The molecule has 7 heteroatoms. The molecule has 0 saturated carbocycles. The van der Waals surface area contributed by atoms with Crippen LogP contribution in [0.5, 0.6) is 0 Å². The number of nitrogens with one attached hydrogen (secondary N) is 3. The molecule has 1 aromatic rings. The Balaban J connectivity index is 1.98. The van der Waals surface area contributed by atoms with Crippen molar-refractivity contribution in [3.05, 3.63) is 28.8 Å². The van der Waals surface area contributed by atoms with Crippen LogP contribution in [-0.4, -0.2) is 43.0 Å². The van der Waals surface area contributed by atoms with Gasteiger partial charge in [-0.2, -0.15) is 11.8 Å². The second-order valence-corrected chi connectivity index (χ2v) is 6.31. The van der Waals surface area contributed by atoms with Crippen LogP contribution in [0.2, 0.25) is 5.02 Å². The third-order valence-electron chi connectivity index (χ3n) is 3.15. The second-order valence-electron chi connectivity index (χ2n) is 4.75. The number of anilines is 1. The van der Waals surface area contributed by atoms with Gasteiger partial charge in [0, 0.05) is 43.2 Å². The Morgan fingerprint density at radius 1 is 1.48 bits per heavy atom. The number of halogens is 1. The first-order chi connectivity index (χ1) is 10.1. The van der Waals surface area contributed by atoms with Gasteiger partial charge in [-0.05, 0) is 18.2 Å². The normalized spacial score (nSPS) is 18.1. The van der Waals surface area contributed by atoms with Crippen LogP contribution in [0.15, 0.2) is 18.2 Å². The maximum absolute atomic E-state index is 12.0. The second kappa shape index (κ2) is 7.68. The van der Waals surface area contributed by atoms with Crippen molar-refractivity contribution in [2.24, 2.45) is 0 Å². The first-order valence-electron chi connectivity index (χ1n) is 6.72. The fourth-order valence-corrected chi connectivity index (χ4v) is 3.25. The lowest BCUT2D eigenvalue weighted by Crippen LogP contribution is -2.39. The van der Waals surface area contributed by atoms with Crippen LogP contribution in [0.25, 0.3) is 0 Å². The summed E-state index contributed by atoms with van der Waals surface area (Å²) in [6.07, 6.45) is 0.422. The van der Waals surface area contributed by atoms with Crippen molar-refractivity contribution in [1.29, 1.82) is 0 Å². The van der Waals surface area contributed by atoms with Crippen LogP contribution in [0.3, 0.4) is 0 Å². The van der Waals surface area contributed by atoms with Gasteiger partial charge in [-0.15, -0.1) is 0 Å². The van der Waals surface area contributed by atoms with Gasteiger partial charge in [0.15, 0.2) is 0 Å². The summed E-state index contributed by atoms with van der Waals surface area (Å²) < 4.78 is 0. The van der Waals surface area contributed by atoms with Gasteiger partial charge in [0.1, 0.15) is 0 Å². The molecule has 0 spiro atoms. The number of rotatable bonds is 4. The van der Waals surface area contributed by atoms with E-state index in [0.717, 1.165) is 18.1 Å². The third-order valence-corrected chi connectivity index (χ3v) is 4.61. The summed E-state index contributed by atoms with van der Waals surface area (Å²) in [6, 6.07) is 5.09. The smallest absolute Gasteiger partial charge is 0.252 e. The molecule has 0 bridgehead atoms. The zero-order valence-electron chi connectivity index (χ0n) is 11.7. The molecule has 0 aromatic heterocycles. The molecular weight excluding hydrogens is 310 g/mol. The highest BCUT2D eigenvalue weighted by Crippen LogP contribution is 2.21. The van der Waals surface area contributed by atoms with E-state index in [1.54, 1.807) is 18.2 Å². The number of benzene rings is 1. The summed E-state index contributed by atoms with van der Waals surface area (Å²) in [7, 11) is 1.54. The molecule has 1 aromatic carbocycles. The van der Waals surface area contributed by atoms with Gasteiger partial charge in [0.2, 0.25) is 5.91 Å². The van der Waals surface area contributed by atoms with E-state index >= 15 is 0 Å². The van der Waals surface area contributed by atoms with Crippen molar-refractivity contribution >= 4 is 40.9 Å². The average Bonchev–Trinajstić information content (AvgIpc) is 2.49. The molecular formula is C14H18ClN3O2S. The molecule has 1 heterocycles. The van der Waals surface area contributed by atoms with Crippen molar-refractivity contribution < 1.29 is 9.59 Å². The standard InChI is InChI=1S/C14H18ClN3O2S/c1-16-14(20)11-6-9(2-3-12(11)15)18-13(19)7-10-8-21-5-4-17-10/h2-3,6,10,17H,4-5,7-8H2,1H3,(H,16,20)(H,18,19). The molecule has 1 fully saturated rings. The summed E-state index contributed by atoms with van der Waals surface area (Å²) in [5, 5.41) is 9.00. The van der Waals surface area contributed by atoms with E-state index in [1.165, 1.54) is 7.05 Å². The molecule has 3 N–H and O–H groups in total. The monoisotopic (exact) mass is 327 g/mol. The van der Waals surface area contributed by atoms with Crippen LogP contribution >= 0.6 is 23.4 Å². The first kappa shape index (κ1) is 16.1. The molecule has 1 unspecified atom stereocenters. The van der Waals surface area contributed by atoms with E-state index in [2.05, 4.69) is 16.0 Å². The molecule has 5 nitrogen and oxygen atoms in total. The molecule has 0 radical (unpaired) electrons.